The van der Waals surface area contributed by atoms with E-state index in [-0.39, 0.29) is 5.97 Å². The molecular formula is C24H40O2. The van der Waals surface area contributed by atoms with Crippen LogP contribution in [0.15, 0.2) is 12.7 Å². The van der Waals surface area contributed by atoms with Gasteiger partial charge in [-0.1, -0.05) is 18.9 Å². The third kappa shape index (κ3) is 5.36. The van der Waals surface area contributed by atoms with Gasteiger partial charge in [-0.2, -0.15) is 0 Å². The normalized spacial score (nSPS) is 38.5. The van der Waals surface area contributed by atoms with Crippen LogP contribution < -0.4 is 0 Å². The van der Waals surface area contributed by atoms with E-state index >= 15 is 0 Å². The van der Waals surface area contributed by atoms with Gasteiger partial charge in [0.05, 0.1) is 7.11 Å². The smallest absolute Gasteiger partial charge is 0.305 e. The highest BCUT2D eigenvalue weighted by Crippen LogP contribution is 2.46. The van der Waals surface area contributed by atoms with Gasteiger partial charge in [-0.3, -0.25) is 4.79 Å². The lowest BCUT2D eigenvalue weighted by atomic mass is 9.65. The van der Waals surface area contributed by atoms with Gasteiger partial charge >= 0.3 is 5.97 Å². The standard InChI is InChI=1S/C24H40O2/c1-3-18-4-9-20(10-5-18)22-13-15-23(16-14-22)21-11-6-19(7-12-21)8-17-24(25)26-2/h3,18-23H,1,4-17H2,2H3/t18-,19-,20-,21-,22-,23-. The van der Waals surface area contributed by atoms with E-state index in [4.69, 9.17) is 4.74 Å². The number of carbonyl (C=O) groups excluding carboxylic acids is 1. The highest BCUT2D eigenvalue weighted by Gasteiger charge is 2.34. The quantitative estimate of drug-likeness (QED) is 0.397. The molecule has 2 heteroatoms. The van der Waals surface area contributed by atoms with E-state index < -0.39 is 0 Å². The van der Waals surface area contributed by atoms with Gasteiger partial charge in [0, 0.05) is 6.42 Å². The maximum Gasteiger partial charge on any atom is 0.305 e. The maximum absolute atomic E-state index is 11.3. The molecule has 26 heavy (non-hydrogen) atoms. The molecule has 0 heterocycles. The van der Waals surface area contributed by atoms with Crippen LogP contribution in [0.2, 0.25) is 0 Å². The molecule has 0 saturated heterocycles. The number of allylic oxidation sites excluding steroid dienone is 1. The molecule has 148 valence electrons. The van der Waals surface area contributed by atoms with Crippen molar-refractivity contribution in [3.8, 4) is 0 Å². The predicted octanol–water partition coefficient (Wildman–Crippen LogP) is 6.54. The third-order valence-corrected chi connectivity index (χ3v) is 8.18. The molecule has 3 saturated carbocycles. The summed E-state index contributed by atoms with van der Waals surface area (Å²) in [5.74, 6) is 5.54. The molecule has 3 aliphatic carbocycles. The Bertz CT molecular complexity index is 433. The lowest BCUT2D eigenvalue weighted by Crippen LogP contribution is -2.29. The van der Waals surface area contributed by atoms with Gasteiger partial charge in [0.2, 0.25) is 0 Å². The first-order chi connectivity index (χ1) is 12.7. The van der Waals surface area contributed by atoms with Gasteiger partial charge in [-0.05, 0) is 106 Å². The van der Waals surface area contributed by atoms with Crippen molar-refractivity contribution in [2.75, 3.05) is 7.11 Å². The van der Waals surface area contributed by atoms with Gasteiger partial charge in [-0.25, -0.2) is 0 Å². The monoisotopic (exact) mass is 360 g/mol. The molecule has 0 aromatic carbocycles. The number of rotatable bonds is 6. The van der Waals surface area contributed by atoms with Crippen molar-refractivity contribution in [1.29, 1.82) is 0 Å². The highest BCUT2D eigenvalue weighted by atomic mass is 16.5. The molecule has 0 radical (unpaired) electrons. The van der Waals surface area contributed by atoms with Crippen molar-refractivity contribution in [1.82, 2.24) is 0 Å². The highest BCUT2D eigenvalue weighted by molar-refractivity contribution is 5.69. The summed E-state index contributed by atoms with van der Waals surface area (Å²) in [5, 5.41) is 0. The van der Waals surface area contributed by atoms with E-state index in [2.05, 4.69) is 12.7 Å². The van der Waals surface area contributed by atoms with Gasteiger partial charge in [0.1, 0.15) is 0 Å². The second kappa shape index (κ2) is 9.95. The lowest BCUT2D eigenvalue weighted by Gasteiger charge is -2.41. The number of esters is 1. The van der Waals surface area contributed by atoms with Gasteiger partial charge in [0.15, 0.2) is 0 Å². The predicted molar refractivity (Wildman–Crippen MR) is 108 cm³/mol. The largest absolute Gasteiger partial charge is 0.469 e. The second-order valence-electron chi connectivity index (χ2n) is 9.48. The second-order valence-corrected chi connectivity index (χ2v) is 9.48. The number of carbonyl (C=O) groups is 1. The average Bonchev–Trinajstić information content (AvgIpc) is 2.72. The van der Waals surface area contributed by atoms with Crippen molar-refractivity contribution in [3.63, 3.8) is 0 Å². The minimum atomic E-state index is -0.0347. The van der Waals surface area contributed by atoms with E-state index in [0.717, 1.165) is 41.9 Å². The van der Waals surface area contributed by atoms with Crippen LogP contribution in [0.5, 0.6) is 0 Å². The van der Waals surface area contributed by atoms with Crippen LogP contribution in [0.3, 0.4) is 0 Å². The third-order valence-electron chi connectivity index (χ3n) is 8.18. The van der Waals surface area contributed by atoms with E-state index in [1.54, 1.807) is 0 Å². The average molecular weight is 361 g/mol. The molecule has 0 bridgehead atoms. The minimum Gasteiger partial charge on any atom is -0.469 e. The van der Waals surface area contributed by atoms with Crippen molar-refractivity contribution >= 4 is 5.97 Å². The minimum absolute atomic E-state index is 0.0347. The van der Waals surface area contributed by atoms with E-state index in [0.29, 0.717) is 6.42 Å². The van der Waals surface area contributed by atoms with Crippen LogP contribution >= 0.6 is 0 Å². The Hall–Kier alpha value is -0.790. The molecule has 0 amide bonds. The lowest BCUT2D eigenvalue weighted by molar-refractivity contribution is -0.141. The Morgan fingerprint density at radius 2 is 1.23 bits per heavy atom. The fraction of sp³-hybridized carbons (Fsp3) is 0.875. The summed E-state index contributed by atoms with van der Waals surface area (Å²) in [6, 6.07) is 0. The zero-order chi connectivity index (χ0) is 18.4. The SMILES string of the molecule is C=C[C@H]1CC[C@H]([C@H]2CC[C@H]([C@H]3CC[C@H](CCC(=O)OC)CC3)CC2)CC1. The first kappa shape index (κ1) is 20.0. The summed E-state index contributed by atoms with van der Waals surface area (Å²) in [6.07, 6.45) is 21.0. The Morgan fingerprint density at radius 3 is 1.65 bits per heavy atom. The summed E-state index contributed by atoms with van der Waals surface area (Å²) in [6.45, 7) is 3.99. The molecular weight excluding hydrogens is 320 g/mol. The first-order valence-corrected chi connectivity index (χ1v) is 11.4. The first-order valence-electron chi connectivity index (χ1n) is 11.4. The topological polar surface area (TPSA) is 26.3 Å². The number of hydrogen-bond donors (Lipinski definition) is 0. The summed E-state index contributed by atoms with van der Waals surface area (Å²) in [4.78, 5) is 11.3. The van der Waals surface area contributed by atoms with Gasteiger partial charge in [-0.15, -0.1) is 6.58 Å². The van der Waals surface area contributed by atoms with E-state index in [1.807, 2.05) is 0 Å². The van der Waals surface area contributed by atoms with Crippen molar-refractivity contribution in [2.45, 2.75) is 89.9 Å². The fourth-order valence-electron chi connectivity index (χ4n) is 6.31. The molecule has 0 atom stereocenters. The van der Waals surface area contributed by atoms with Crippen LogP contribution in [0.25, 0.3) is 0 Å². The van der Waals surface area contributed by atoms with Crippen LogP contribution in [-0.4, -0.2) is 13.1 Å². The molecule has 0 N–H and O–H groups in total. The van der Waals surface area contributed by atoms with Gasteiger partial charge in [0.25, 0.3) is 0 Å². The molecule has 3 rings (SSSR count). The fourth-order valence-corrected chi connectivity index (χ4v) is 6.31. The molecule has 3 aliphatic rings. The summed E-state index contributed by atoms with van der Waals surface area (Å²) >= 11 is 0. The Balaban J connectivity index is 1.34. The summed E-state index contributed by atoms with van der Waals surface area (Å²) < 4.78 is 4.79. The number of hydrogen-bond acceptors (Lipinski definition) is 2. The van der Waals surface area contributed by atoms with Crippen LogP contribution in [0.4, 0.5) is 0 Å². The summed E-state index contributed by atoms with van der Waals surface area (Å²) in [7, 11) is 1.50. The van der Waals surface area contributed by atoms with Crippen LogP contribution in [-0.2, 0) is 9.53 Å². The van der Waals surface area contributed by atoms with Crippen LogP contribution in [0, 0.1) is 35.5 Å². The number of methoxy groups -OCH3 is 1. The van der Waals surface area contributed by atoms with E-state index in [1.165, 1.54) is 84.2 Å². The number of ether oxygens (including phenoxy) is 1. The van der Waals surface area contributed by atoms with Crippen molar-refractivity contribution in [3.05, 3.63) is 12.7 Å². The molecule has 0 aromatic heterocycles. The Kier molecular flexibility index (Phi) is 7.64. The molecule has 2 nitrogen and oxygen atoms in total. The molecule has 0 aromatic rings. The zero-order valence-electron chi connectivity index (χ0n) is 17.0. The molecule has 0 spiro atoms. The van der Waals surface area contributed by atoms with Crippen molar-refractivity contribution < 1.29 is 9.53 Å². The molecule has 0 aliphatic heterocycles. The molecule has 3 fully saturated rings. The van der Waals surface area contributed by atoms with Crippen LogP contribution in [0.1, 0.15) is 89.9 Å². The maximum atomic E-state index is 11.3. The molecule has 0 unspecified atom stereocenters. The Labute approximate surface area is 161 Å². The van der Waals surface area contributed by atoms with Crippen molar-refractivity contribution in [2.24, 2.45) is 35.5 Å². The zero-order valence-corrected chi connectivity index (χ0v) is 17.0. The summed E-state index contributed by atoms with van der Waals surface area (Å²) in [5.41, 5.74) is 0. The van der Waals surface area contributed by atoms with E-state index in [9.17, 15) is 4.79 Å². The Morgan fingerprint density at radius 1 is 0.808 bits per heavy atom. The van der Waals surface area contributed by atoms with Gasteiger partial charge < -0.3 is 4.74 Å².